The molecule has 2 amide bonds. The zero-order chi connectivity index (χ0) is 14.2. The van der Waals surface area contributed by atoms with E-state index in [0.717, 1.165) is 0 Å². The molecule has 4 N–H and O–H groups in total. The molecule has 110 valence electrons. The van der Waals surface area contributed by atoms with Crippen LogP contribution < -0.4 is 10.6 Å². The van der Waals surface area contributed by atoms with Gasteiger partial charge in [0.05, 0.1) is 6.61 Å². The van der Waals surface area contributed by atoms with Gasteiger partial charge in [-0.3, -0.25) is 9.59 Å². The topological polar surface area (TPSA) is 98.7 Å². The molecule has 0 aromatic rings. The molecule has 0 aliphatic heterocycles. The van der Waals surface area contributed by atoms with Gasteiger partial charge < -0.3 is 20.8 Å². The molecule has 0 fully saturated rings. The van der Waals surface area contributed by atoms with E-state index in [0.29, 0.717) is 12.3 Å². The summed E-state index contributed by atoms with van der Waals surface area (Å²) < 4.78 is 0. The average molecular weight is 320 g/mol. The summed E-state index contributed by atoms with van der Waals surface area (Å²) in [5, 5.41) is 23.7. The van der Waals surface area contributed by atoms with Crippen LogP contribution in [0, 0.1) is 5.41 Å². The van der Waals surface area contributed by atoms with Gasteiger partial charge in [-0.1, -0.05) is 13.8 Å². The first-order valence-corrected chi connectivity index (χ1v) is 6.42. The van der Waals surface area contributed by atoms with Gasteiger partial charge in [0, 0.05) is 30.7 Å². The molecule has 0 heterocycles. The Morgan fingerprint density at radius 3 is 2.32 bits per heavy atom. The SMILES string of the molecule is CC(C)(CO)C(O)C(=O)NCCC(=O)NCCS.[CaH2]. The molecule has 0 aliphatic carbocycles. The van der Waals surface area contributed by atoms with Crippen LogP contribution in [0.2, 0.25) is 0 Å². The van der Waals surface area contributed by atoms with Crippen molar-refractivity contribution in [1.82, 2.24) is 10.6 Å². The molecule has 0 spiro atoms. The number of aliphatic hydroxyl groups is 2. The maximum atomic E-state index is 11.5. The fraction of sp³-hybridized carbons (Fsp3) is 0.818. The summed E-state index contributed by atoms with van der Waals surface area (Å²) in [5.41, 5.74) is -0.904. The minimum atomic E-state index is -1.30. The van der Waals surface area contributed by atoms with Crippen LogP contribution in [0.3, 0.4) is 0 Å². The molecule has 6 nitrogen and oxygen atoms in total. The zero-order valence-electron chi connectivity index (χ0n) is 10.8. The van der Waals surface area contributed by atoms with Crippen molar-refractivity contribution >= 4 is 62.2 Å². The van der Waals surface area contributed by atoms with Crippen molar-refractivity contribution in [2.24, 2.45) is 5.41 Å². The molecule has 0 saturated carbocycles. The van der Waals surface area contributed by atoms with Gasteiger partial charge in [0.1, 0.15) is 6.10 Å². The molecule has 1 atom stereocenters. The van der Waals surface area contributed by atoms with E-state index in [-0.39, 0.29) is 63.2 Å². The number of aliphatic hydroxyl groups excluding tert-OH is 2. The number of thiol groups is 1. The van der Waals surface area contributed by atoms with Crippen LogP contribution in [-0.4, -0.2) is 91.3 Å². The Balaban J connectivity index is 0. The van der Waals surface area contributed by atoms with E-state index in [9.17, 15) is 14.7 Å². The molecule has 8 heteroatoms. The number of carbonyl (C=O) groups is 2. The van der Waals surface area contributed by atoms with Gasteiger partial charge in [-0.25, -0.2) is 0 Å². The molecular formula is C11H24CaN2O4S. The molecule has 1 unspecified atom stereocenters. The van der Waals surface area contributed by atoms with Gasteiger partial charge in [-0.05, 0) is 0 Å². The van der Waals surface area contributed by atoms with E-state index < -0.39 is 17.4 Å². The van der Waals surface area contributed by atoms with Crippen molar-refractivity contribution in [3.05, 3.63) is 0 Å². The van der Waals surface area contributed by atoms with Crippen LogP contribution >= 0.6 is 12.6 Å². The normalized spacial score (nSPS) is 12.3. The van der Waals surface area contributed by atoms with Crippen molar-refractivity contribution in [2.75, 3.05) is 25.4 Å². The Bertz CT molecular complexity index is 290. The second-order valence-corrected chi connectivity index (χ2v) is 5.11. The number of amides is 2. The summed E-state index contributed by atoms with van der Waals surface area (Å²) in [4.78, 5) is 22.7. The van der Waals surface area contributed by atoms with Crippen molar-refractivity contribution in [1.29, 1.82) is 0 Å². The first-order valence-electron chi connectivity index (χ1n) is 5.79. The first kappa shape index (κ1) is 21.8. The van der Waals surface area contributed by atoms with Gasteiger partial charge in [0.25, 0.3) is 0 Å². The van der Waals surface area contributed by atoms with E-state index >= 15 is 0 Å². The summed E-state index contributed by atoms with van der Waals surface area (Å²) in [6, 6.07) is 0. The zero-order valence-corrected chi connectivity index (χ0v) is 11.7. The molecule has 0 aliphatic rings. The van der Waals surface area contributed by atoms with Crippen LogP contribution in [0.5, 0.6) is 0 Å². The summed E-state index contributed by atoms with van der Waals surface area (Å²) in [7, 11) is 0. The number of rotatable bonds is 8. The third-order valence-corrected chi connectivity index (χ3v) is 2.70. The molecule has 19 heavy (non-hydrogen) atoms. The number of nitrogens with one attached hydrogen (secondary N) is 2. The molecule has 0 rings (SSSR count). The first-order chi connectivity index (χ1) is 8.35. The molecular weight excluding hydrogens is 296 g/mol. The molecule has 0 aromatic carbocycles. The van der Waals surface area contributed by atoms with Gasteiger partial charge in [-0.15, -0.1) is 0 Å². The molecule has 0 saturated heterocycles. The standard InChI is InChI=1S/C11H22N2O4S.Ca.2H/c1-11(2,7-14)9(16)10(17)13-4-3-8(15)12-5-6-18;;;/h9,14,16,18H,3-7H2,1-2H3,(H,12,15)(H,13,17);;;. The Kier molecular flexibility index (Phi) is 12.8. The van der Waals surface area contributed by atoms with Gasteiger partial charge in [0.15, 0.2) is 0 Å². The monoisotopic (exact) mass is 320 g/mol. The summed E-state index contributed by atoms with van der Waals surface area (Å²) in [6.45, 7) is 3.49. The molecule has 0 radical (unpaired) electrons. The van der Waals surface area contributed by atoms with E-state index in [4.69, 9.17) is 5.11 Å². The van der Waals surface area contributed by atoms with E-state index in [2.05, 4.69) is 23.3 Å². The number of hydrogen-bond donors (Lipinski definition) is 5. The van der Waals surface area contributed by atoms with E-state index in [1.54, 1.807) is 13.8 Å². The third kappa shape index (κ3) is 9.10. The van der Waals surface area contributed by atoms with E-state index in [1.165, 1.54) is 0 Å². The molecule has 0 bridgehead atoms. The average Bonchev–Trinajstić information content (AvgIpc) is 2.35. The van der Waals surface area contributed by atoms with Crippen LogP contribution in [0.15, 0.2) is 0 Å². The Labute approximate surface area is 149 Å². The predicted molar refractivity (Wildman–Crippen MR) is 79.9 cm³/mol. The van der Waals surface area contributed by atoms with E-state index in [1.807, 2.05) is 0 Å². The van der Waals surface area contributed by atoms with Gasteiger partial charge in [-0.2, -0.15) is 12.6 Å². The van der Waals surface area contributed by atoms with Gasteiger partial charge in [0.2, 0.25) is 11.8 Å². The van der Waals surface area contributed by atoms with Gasteiger partial charge >= 0.3 is 37.7 Å². The Morgan fingerprint density at radius 1 is 1.26 bits per heavy atom. The van der Waals surface area contributed by atoms with Crippen molar-refractivity contribution in [3.8, 4) is 0 Å². The van der Waals surface area contributed by atoms with Crippen LogP contribution in [0.4, 0.5) is 0 Å². The summed E-state index contributed by atoms with van der Waals surface area (Å²) in [5.74, 6) is -0.210. The van der Waals surface area contributed by atoms with Crippen LogP contribution in [0.25, 0.3) is 0 Å². The van der Waals surface area contributed by atoms with Crippen molar-refractivity contribution < 1.29 is 19.8 Å². The van der Waals surface area contributed by atoms with Crippen LogP contribution in [-0.2, 0) is 9.59 Å². The second kappa shape index (κ2) is 11.2. The maximum absolute atomic E-state index is 11.5. The molecule has 0 aromatic heterocycles. The minimum absolute atomic E-state index is 0. The Morgan fingerprint density at radius 2 is 1.84 bits per heavy atom. The number of hydrogen-bond acceptors (Lipinski definition) is 5. The second-order valence-electron chi connectivity index (χ2n) is 4.66. The number of carbonyl (C=O) groups excluding carboxylic acids is 2. The fourth-order valence-corrected chi connectivity index (χ4v) is 1.23. The third-order valence-electron chi connectivity index (χ3n) is 2.48. The fourth-order valence-electron chi connectivity index (χ4n) is 1.12. The quantitative estimate of drug-likeness (QED) is 0.264. The van der Waals surface area contributed by atoms with Crippen LogP contribution in [0.1, 0.15) is 20.3 Å². The summed E-state index contributed by atoms with van der Waals surface area (Å²) in [6.07, 6.45) is -1.16. The predicted octanol–water partition coefficient (Wildman–Crippen LogP) is -2.00. The van der Waals surface area contributed by atoms with Crippen molar-refractivity contribution in [3.63, 3.8) is 0 Å². The van der Waals surface area contributed by atoms with Crippen molar-refractivity contribution in [2.45, 2.75) is 26.4 Å². The Hall–Kier alpha value is 0.470. The summed E-state index contributed by atoms with van der Waals surface area (Å²) >= 11 is 3.95.